The summed E-state index contributed by atoms with van der Waals surface area (Å²) >= 11 is 1.71. The number of fused-ring (bicyclic) bond motifs is 3. The van der Waals surface area contributed by atoms with E-state index in [-0.39, 0.29) is 11.9 Å². The predicted molar refractivity (Wildman–Crippen MR) is 133 cm³/mol. The number of nitrogens with zero attached hydrogens (tertiary/aromatic N) is 1. The molecule has 1 N–H and O–H groups in total. The molecule has 5 nitrogen and oxygen atoms in total. The van der Waals surface area contributed by atoms with Gasteiger partial charge >= 0.3 is 0 Å². The molecule has 3 aromatic carbocycles. The van der Waals surface area contributed by atoms with Crippen LogP contribution in [0.15, 0.2) is 71.6 Å². The van der Waals surface area contributed by atoms with Crippen LogP contribution in [0.25, 0.3) is 10.9 Å². The third-order valence-electron chi connectivity index (χ3n) is 6.36. The van der Waals surface area contributed by atoms with E-state index in [0.29, 0.717) is 23.6 Å². The second kappa shape index (κ2) is 8.87. The molecule has 1 atom stereocenters. The summed E-state index contributed by atoms with van der Waals surface area (Å²) in [6.07, 6.45) is 2.87. The van der Waals surface area contributed by atoms with E-state index in [1.54, 1.807) is 44.2 Å². The Bertz CT molecular complexity index is 1310. The summed E-state index contributed by atoms with van der Waals surface area (Å²) < 4.78 is 10.8. The Morgan fingerprint density at radius 2 is 1.76 bits per heavy atom. The average Bonchev–Trinajstić information content (AvgIpc) is 3.26. The maximum atomic E-state index is 13.8. The van der Waals surface area contributed by atoms with Crippen LogP contribution in [-0.4, -0.2) is 42.8 Å². The number of para-hydroxylation sites is 1. The lowest BCUT2D eigenvalue weighted by molar-refractivity contribution is 0.0691. The monoisotopic (exact) mass is 458 g/mol. The molecule has 33 heavy (non-hydrogen) atoms. The zero-order valence-corrected chi connectivity index (χ0v) is 19.7. The number of amides is 1. The van der Waals surface area contributed by atoms with E-state index in [1.165, 1.54) is 15.8 Å². The Balaban J connectivity index is 1.62. The minimum absolute atomic E-state index is 0.0285. The van der Waals surface area contributed by atoms with Crippen LogP contribution in [0, 0.1) is 0 Å². The Morgan fingerprint density at radius 3 is 2.48 bits per heavy atom. The largest absolute Gasteiger partial charge is 0.493 e. The number of carbonyl (C=O) groups is 1. The lowest BCUT2D eigenvalue weighted by Gasteiger charge is -2.36. The molecule has 1 amide bonds. The SMILES string of the molecule is COc1ccc(C(=O)N2CCc3c([nH]c4ccccc34)[C@@H]2c2ccc(SC)cc2)cc1OC. The van der Waals surface area contributed by atoms with Crippen molar-refractivity contribution in [2.75, 3.05) is 27.0 Å². The fraction of sp³-hybridized carbons (Fsp3) is 0.222. The summed E-state index contributed by atoms with van der Waals surface area (Å²) in [6.45, 7) is 0.636. The topological polar surface area (TPSA) is 54.6 Å². The van der Waals surface area contributed by atoms with Gasteiger partial charge in [-0.25, -0.2) is 0 Å². The van der Waals surface area contributed by atoms with Crippen molar-refractivity contribution < 1.29 is 14.3 Å². The highest BCUT2D eigenvalue weighted by molar-refractivity contribution is 7.98. The number of rotatable bonds is 5. The van der Waals surface area contributed by atoms with Crippen molar-refractivity contribution in [3.8, 4) is 11.5 Å². The van der Waals surface area contributed by atoms with Gasteiger partial charge in [-0.05, 0) is 60.2 Å². The van der Waals surface area contributed by atoms with E-state index < -0.39 is 0 Å². The molecule has 0 unspecified atom stereocenters. The standard InChI is InChI=1S/C27H26N2O3S/c1-31-23-13-10-18(16-24(23)32-2)27(30)29-15-14-21-20-6-4-5-7-22(20)28-25(21)26(29)17-8-11-19(33-3)12-9-17/h4-13,16,26,28H,14-15H2,1-3H3/t26-/m0/s1. The first kappa shape index (κ1) is 21.5. The molecule has 4 aromatic rings. The van der Waals surface area contributed by atoms with Crippen molar-refractivity contribution in [2.45, 2.75) is 17.4 Å². The molecule has 0 fully saturated rings. The summed E-state index contributed by atoms with van der Waals surface area (Å²) in [7, 11) is 3.18. The fourth-order valence-electron chi connectivity index (χ4n) is 4.73. The van der Waals surface area contributed by atoms with Crippen molar-refractivity contribution >= 4 is 28.6 Å². The molecule has 0 saturated heterocycles. The van der Waals surface area contributed by atoms with Crippen LogP contribution in [0.1, 0.15) is 33.2 Å². The molecule has 0 radical (unpaired) electrons. The minimum Gasteiger partial charge on any atom is -0.493 e. The Labute approximate surface area is 197 Å². The number of ether oxygens (including phenoxy) is 2. The first-order valence-electron chi connectivity index (χ1n) is 10.9. The summed E-state index contributed by atoms with van der Waals surface area (Å²) in [4.78, 5) is 20.6. The normalized spacial score (nSPS) is 15.4. The summed E-state index contributed by atoms with van der Waals surface area (Å²) in [5, 5.41) is 1.23. The molecule has 6 heteroatoms. The molecule has 0 aliphatic carbocycles. The predicted octanol–water partition coefficient (Wildman–Crippen LogP) is 5.69. The Kier molecular flexibility index (Phi) is 5.77. The molecule has 1 aliphatic rings. The Hall–Kier alpha value is -3.38. The lowest BCUT2D eigenvalue weighted by Crippen LogP contribution is -2.40. The summed E-state index contributed by atoms with van der Waals surface area (Å²) in [5.41, 5.74) is 5.16. The number of thioether (sulfide) groups is 1. The first-order chi connectivity index (χ1) is 16.1. The van der Waals surface area contributed by atoms with Gasteiger partial charge in [0.05, 0.1) is 20.3 Å². The van der Waals surface area contributed by atoms with Crippen molar-refractivity contribution in [3.05, 3.63) is 89.1 Å². The number of hydrogen-bond acceptors (Lipinski definition) is 4. The van der Waals surface area contributed by atoms with Gasteiger partial charge in [-0.15, -0.1) is 11.8 Å². The molecule has 5 rings (SSSR count). The van der Waals surface area contributed by atoms with Gasteiger partial charge in [0.15, 0.2) is 11.5 Å². The van der Waals surface area contributed by atoms with E-state index in [0.717, 1.165) is 23.2 Å². The molecule has 1 aromatic heterocycles. The van der Waals surface area contributed by atoms with Crippen LogP contribution in [0.5, 0.6) is 11.5 Å². The molecular formula is C27H26N2O3S. The maximum absolute atomic E-state index is 13.8. The van der Waals surface area contributed by atoms with Gasteiger partial charge in [-0.3, -0.25) is 4.79 Å². The third kappa shape index (κ3) is 3.74. The highest BCUT2D eigenvalue weighted by Gasteiger charge is 2.35. The van der Waals surface area contributed by atoms with Gasteiger partial charge in [-0.1, -0.05) is 30.3 Å². The number of hydrogen-bond donors (Lipinski definition) is 1. The number of nitrogens with one attached hydrogen (secondary N) is 1. The van der Waals surface area contributed by atoms with Crippen LogP contribution < -0.4 is 9.47 Å². The Morgan fingerprint density at radius 1 is 1.00 bits per heavy atom. The molecule has 0 saturated carbocycles. The number of methoxy groups -OCH3 is 2. The second-order valence-electron chi connectivity index (χ2n) is 8.06. The molecular weight excluding hydrogens is 432 g/mol. The quantitative estimate of drug-likeness (QED) is 0.390. The minimum atomic E-state index is -0.197. The average molecular weight is 459 g/mol. The van der Waals surface area contributed by atoms with Crippen LogP contribution in [0.3, 0.4) is 0 Å². The first-order valence-corrected chi connectivity index (χ1v) is 12.1. The van der Waals surface area contributed by atoms with Crippen molar-refractivity contribution in [3.63, 3.8) is 0 Å². The number of aromatic nitrogens is 1. The van der Waals surface area contributed by atoms with Crippen LogP contribution in [0.4, 0.5) is 0 Å². The number of aromatic amines is 1. The maximum Gasteiger partial charge on any atom is 0.254 e. The van der Waals surface area contributed by atoms with Gasteiger partial charge < -0.3 is 19.4 Å². The van der Waals surface area contributed by atoms with Gasteiger partial charge in [0.2, 0.25) is 0 Å². The third-order valence-corrected chi connectivity index (χ3v) is 7.10. The van der Waals surface area contributed by atoms with Gasteiger partial charge in [0.25, 0.3) is 5.91 Å². The zero-order chi connectivity index (χ0) is 22.9. The summed E-state index contributed by atoms with van der Waals surface area (Å²) in [5.74, 6) is 1.13. The highest BCUT2D eigenvalue weighted by Crippen LogP contribution is 2.40. The van der Waals surface area contributed by atoms with E-state index >= 15 is 0 Å². The second-order valence-corrected chi connectivity index (χ2v) is 8.94. The number of H-pyrrole nitrogens is 1. The molecule has 0 spiro atoms. The van der Waals surface area contributed by atoms with Crippen LogP contribution in [0.2, 0.25) is 0 Å². The molecule has 2 heterocycles. The molecule has 168 valence electrons. The van der Waals surface area contributed by atoms with Crippen molar-refractivity contribution in [1.29, 1.82) is 0 Å². The number of benzene rings is 3. The number of carbonyl (C=O) groups excluding carboxylic acids is 1. The highest BCUT2D eigenvalue weighted by atomic mass is 32.2. The molecule has 1 aliphatic heterocycles. The van der Waals surface area contributed by atoms with Crippen molar-refractivity contribution in [2.24, 2.45) is 0 Å². The van der Waals surface area contributed by atoms with Crippen molar-refractivity contribution in [1.82, 2.24) is 9.88 Å². The summed E-state index contributed by atoms with van der Waals surface area (Å²) in [6, 6.07) is 22.0. The van der Waals surface area contributed by atoms with E-state index in [4.69, 9.17) is 9.47 Å². The fourth-order valence-corrected chi connectivity index (χ4v) is 5.14. The van der Waals surface area contributed by atoms with E-state index in [2.05, 4.69) is 53.7 Å². The zero-order valence-electron chi connectivity index (χ0n) is 18.9. The van der Waals surface area contributed by atoms with Gasteiger partial charge in [-0.2, -0.15) is 0 Å². The van der Waals surface area contributed by atoms with Gasteiger partial charge in [0, 0.05) is 33.6 Å². The smallest absolute Gasteiger partial charge is 0.254 e. The van der Waals surface area contributed by atoms with Crippen LogP contribution in [-0.2, 0) is 6.42 Å². The van der Waals surface area contributed by atoms with E-state index in [1.807, 2.05) is 11.0 Å². The molecule has 0 bridgehead atoms. The van der Waals surface area contributed by atoms with Crippen LogP contribution >= 0.6 is 11.8 Å². The van der Waals surface area contributed by atoms with E-state index in [9.17, 15) is 4.79 Å². The lowest BCUT2D eigenvalue weighted by atomic mass is 9.91. The van der Waals surface area contributed by atoms with Gasteiger partial charge in [0.1, 0.15) is 0 Å².